The summed E-state index contributed by atoms with van der Waals surface area (Å²) in [6.45, 7) is 2.09. The first-order valence-corrected chi connectivity index (χ1v) is 10.6. The lowest BCUT2D eigenvalue weighted by Gasteiger charge is -2.39. The summed E-state index contributed by atoms with van der Waals surface area (Å²) in [6.07, 6.45) is 1.31. The molecule has 4 aromatic rings. The highest BCUT2D eigenvalue weighted by atomic mass is 35.5. The van der Waals surface area contributed by atoms with Gasteiger partial charge in [0.25, 0.3) is 0 Å². The number of halogens is 1. The van der Waals surface area contributed by atoms with Gasteiger partial charge in [-0.25, -0.2) is 4.68 Å². The largest absolute Gasteiger partial charge is 0.480 e. The highest BCUT2D eigenvalue weighted by Crippen LogP contribution is 2.50. The van der Waals surface area contributed by atoms with Crippen molar-refractivity contribution in [3.05, 3.63) is 112 Å². The second-order valence-electron chi connectivity index (χ2n) is 7.85. The average Bonchev–Trinajstić information content (AvgIpc) is 3.27. The van der Waals surface area contributed by atoms with Gasteiger partial charge in [0.15, 0.2) is 0 Å². The molecule has 5 nitrogen and oxygen atoms in total. The number of benzene rings is 3. The third-order valence-corrected chi connectivity index (χ3v) is 6.11. The molecule has 0 radical (unpaired) electrons. The van der Waals surface area contributed by atoms with E-state index in [9.17, 15) is 0 Å². The van der Waals surface area contributed by atoms with Crippen molar-refractivity contribution < 1.29 is 4.74 Å². The zero-order chi connectivity index (χ0) is 20.9. The molecule has 0 saturated heterocycles. The molecule has 0 aliphatic carbocycles. The SMILES string of the molecule is Cc1ccc(C2C3=C(Nc4ncnn42)c2cc(Cl)ccc2OC3c2ccccc2)cc1. The molecular formula is C25H19ClN4O. The fraction of sp³-hybridized carbons (Fsp3) is 0.120. The predicted molar refractivity (Wildman–Crippen MR) is 121 cm³/mol. The van der Waals surface area contributed by atoms with Gasteiger partial charge in [-0.1, -0.05) is 71.8 Å². The second kappa shape index (κ2) is 7.00. The molecule has 31 heavy (non-hydrogen) atoms. The molecule has 6 heteroatoms. The molecule has 0 saturated carbocycles. The Hall–Kier alpha value is -3.57. The molecule has 2 atom stereocenters. The van der Waals surface area contributed by atoms with E-state index in [0.717, 1.165) is 33.7 Å². The number of hydrogen-bond acceptors (Lipinski definition) is 4. The molecule has 1 N–H and O–H groups in total. The Bertz CT molecular complexity index is 1310. The number of rotatable bonds is 2. The van der Waals surface area contributed by atoms with Gasteiger partial charge in [0.1, 0.15) is 24.2 Å². The van der Waals surface area contributed by atoms with E-state index in [1.54, 1.807) is 6.33 Å². The van der Waals surface area contributed by atoms with E-state index in [1.807, 2.05) is 41.1 Å². The Morgan fingerprint density at radius 3 is 2.58 bits per heavy atom. The van der Waals surface area contributed by atoms with E-state index in [2.05, 4.69) is 58.7 Å². The van der Waals surface area contributed by atoms with Crippen molar-refractivity contribution in [2.45, 2.75) is 19.1 Å². The minimum atomic E-state index is -0.277. The van der Waals surface area contributed by atoms with Gasteiger partial charge in [0.05, 0.1) is 5.70 Å². The Morgan fingerprint density at radius 1 is 0.968 bits per heavy atom. The Kier molecular flexibility index (Phi) is 4.11. The summed E-state index contributed by atoms with van der Waals surface area (Å²) in [7, 11) is 0. The van der Waals surface area contributed by atoms with E-state index in [-0.39, 0.29) is 12.1 Å². The standard InChI is InChI=1S/C25H19ClN4O/c1-15-7-9-16(10-8-15)23-21-22(29-25-27-14-28-30(23)25)19-13-18(26)11-12-20(19)31-24(21)17-5-3-2-4-6-17/h2-14,23-24H,1H3,(H,27,28,29). The van der Waals surface area contributed by atoms with Crippen LogP contribution in [0.1, 0.15) is 34.4 Å². The maximum absolute atomic E-state index is 6.59. The van der Waals surface area contributed by atoms with Gasteiger partial charge in [0, 0.05) is 16.2 Å². The van der Waals surface area contributed by atoms with Gasteiger partial charge in [-0.2, -0.15) is 10.1 Å². The fourth-order valence-electron chi connectivity index (χ4n) is 4.41. The van der Waals surface area contributed by atoms with Crippen LogP contribution in [0.15, 0.2) is 84.7 Å². The summed E-state index contributed by atoms with van der Waals surface area (Å²) in [5, 5.41) is 8.72. The van der Waals surface area contributed by atoms with Crippen LogP contribution in [0, 0.1) is 6.92 Å². The molecule has 3 aromatic carbocycles. The van der Waals surface area contributed by atoms with Gasteiger partial charge < -0.3 is 10.1 Å². The molecule has 0 fully saturated rings. The van der Waals surface area contributed by atoms with Crippen LogP contribution in [0.25, 0.3) is 5.70 Å². The number of ether oxygens (including phenoxy) is 1. The molecule has 0 amide bonds. The summed E-state index contributed by atoms with van der Waals surface area (Å²) in [6, 6.07) is 24.4. The number of aryl methyl sites for hydroxylation is 1. The Morgan fingerprint density at radius 2 is 1.77 bits per heavy atom. The molecule has 152 valence electrons. The van der Waals surface area contributed by atoms with Crippen LogP contribution in [-0.2, 0) is 0 Å². The summed E-state index contributed by atoms with van der Waals surface area (Å²) < 4.78 is 8.52. The molecular weight excluding hydrogens is 408 g/mol. The van der Waals surface area contributed by atoms with E-state index in [1.165, 1.54) is 5.56 Å². The summed E-state index contributed by atoms with van der Waals surface area (Å²) in [5.74, 6) is 1.49. The maximum Gasteiger partial charge on any atom is 0.226 e. The minimum absolute atomic E-state index is 0.160. The van der Waals surface area contributed by atoms with Gasteiger partial charge in [-0.15, -0.1) is 0 Å². The summed E-state index contributed by atoms with van der Waals surface area (Å²) in [4.78, 5) is 4.47. The smallest absolute Gasteiger partial charge is 0.226 e. The topological polar surface area (TPSA) is 52.0 Å². The van der Waals surface area contributed by atoms with Crippen molar-refractivity contribution in [2.75, 3.05) is 5.32 Å². The highest BCUT2D eigenvalue weighted by Gasteiger charge is 2.40. The second-order valence-corrected chi connectivity index (χ2v) is 8.28. The highest BCUT2D eigenvalue weighted by molar-refractivity contribution is 6.30. The van der Waals surface area contributed by atoms with Crippen molar-refractivity contribution in [2.24, 2.45) is 0 Å². The summed E-state index contributed by atoms with van der Waals surface area (Å²) >= 11 is 6.37. The average molecular weight is 427 g/mol. The number of aromatic nitrogens is 3. The van der Waals surface area contributed by atoms with E-state index >= 15 is 0 Å². The summed E-state index contributed by atoms with van der Waals surface area (Å²) in [5.41, 5.74) is 6.41. The first-order valence-electron chi connectivity index (χ1n) is 10.2. The van der Waals surface area contributed by atoms with E-state index in [4.69, 9.17) is 16.3 Å². The molecule has 2 aliphatic rings. The molecule has 2 unspecified atom stereocenters. The Labute approximate surface area is 185 Å². The molecule has 1 aromatic heterocycles. The van der Waals surface area contributed by atoms with E-state index < -0.39 is 0 Å². The van der Waals surface area contributed by atoms with Crippen molar-refractivity contribution >= 4 is 23.2 Å². The zero-order valence-electron chi connectivity index (χ0n) is 16.8. The number of hydrogen-bond donors (Lipinski definition) is 1. The van der Waals surface area contributed by atoms with Crippen LogP contribution in [0.3, 0.4) is 0 Å². The Balaban J connectivity index is 1.64. The van der Waals surface area contributed by atoms with Gasteiger partial charge in [0.2, 0.25) is 5.95 Å². The van der Waals surface area contributed by atoms with Crippen molar-refractivity contribution in [1.82, 2.24) is 14.8 Å². The van der Waals surface area contributed by atoms with Crippen LogP contribution in [0.2, 0.25) is 5.02 Å². The quantitative estimate of drug-likeness (QED) is 0.440. The minimum Gasteiger partial charge on any atom is -0.480 e. The normalized spacial score (nSPS) is 19.0. The molecule has 3 heterocycles. The van der Waals surface area contributed by atoms with Gasteiger partial charge >= 0.3 is 0 Å². The van der Waals surface area contributed by atoms with Crippen LogP contribution < -0.4 is 10.1 Å². The van der Waals surface area contributed by atoms with Gasteiger partial charge in [-0.3, -0.25) is 0 Å². The third kappa shape index (κ3) is 2.93. The lowest BCUT2D eigenvalue weighted by atomic mass is 9.84. The molecule has 6 rings (SSSR count). The van der Waals surface area contributed by atoms with Crippen LogP contribution in [-0.4, -0.2) is 14.8 Å². The fourth-order valence-corrected chi connectivity index (χ4v) is 4.59. The first-order chi connectivity index (χ1) is 15.2. The number of anilines is 1. The predicted octanol–water partition coefficient (Wildman–Crippen LogP) is 5.80. The molecule has 0 spiro atoms. The zero-order valence-corrected chi connectivity index (χ0v) is 17.5. The number of nitrogens with zero attached hydrogens (tertiary/aromatic N) is 3. The van der Waals surface area contributed by atoms with Crippen molar-refractivity contribution in [1.29, 1.82) is 0 Å². The number of fused-ring (bicyclic) bond motifs is 3. The maximum atomic E-state index is 6.59. The third-order valence-electron chi connectivity index (χ3n) is 5.87. The lowest BCUT2D eigenvalue weighted by molar-refractivity contribution is 0.223. The van der Waals surface area contributed by atoms with Gasteiger partial charge in [-0.05, 0) is 36.2 Å². The lowest BCUT2D eigenvalue weighted by Crippen LogP contribution is -2.32. The molecule has 0 bridgehead atoms. The van der Waals surface area contributed by atoms with Crippen LogP contribution in [0.4, 0.5) is 5.95 Å². The monoisotopic (exact) mass is 426 g/mol. The van der Waals surface area contributed by atoms with Crippen molar-refractivity contribution in [3.63, 3.8) is 0 Å². The van der Waals surface area contributed by atoms with E-state index in [0.29, 0.717) is 11.0 Å². The van der Waals surface area contributed by atoms with Crippen LogP contribution >= 0.6 is 11.6 Å². The first kappa shape index (κ1) is 18.2. The van der Waals surface area contributed by atoms with Crippen LogP contribution in [0.5, 0.6) is 5.75 Å². The van der Waals surface area contributed by atoms with Crippen molar-refractivity contribution in [3.8, 4) is 5.75 Å². The number of nitrogens with one attached hydrogen (secondary N) is 1. The molecule has 2 aliphatic heterocycles.